The number of ketones is 1. The summed E-state index contributed by atoms with van der Waals surface area (Å²) in [5.41, 5.74) is 10.3. The average Bonchev–Trinajstić information content (AvgIpc) is 3.48. The van der Waals surface area contributed by atoms with E-state index >= 15 is 0 Å². The molecule has 6 heteroatoms. The molecule has 0 amide bonds. The van der Waals surface area contributed by atoms with Gasteiger partial charge in [-0.2, -0.15) is 0 Å². The second-order valence-corrected chi connectivity index (χ2v) is 19.1. The van der Waals surface area contributed by atoms with Gasteiger partial charge in [0.05, 0.1) is 5.76 Å². The van der Waals surface area contributed by atoms with E-state index in [0.717, 1.165) is 54.3 Å². The summed E-state index contributed by atoms with van der Waals surface area (Å²) in [4.78, 5) is 21.8. The van der Waals surface area contributed by atoms with E-state index < -0.39 is 20.4 Å². The Morgan fingerprint density at radius 2 is 1.48 bits per heavy atom. The fourth-order valence-electron chi connectivity index (χ4n) is 7.02. The first-order valence-corrected chi connectivity index (χ1v) is 21.1. The number of benzene rings is 3. The molecule has 0 spiro atoms. The van der Waals surface area contributed by atoms with E-state index in [9.17, 15) is 9.90 Å². The van der Waals surface area contributed by atoms with Crippen LogP contribution in [-0.4, -0.2) is 41.3 Å². The predicted octanol–water partition coefficient (Wildman–Crippen LogP) is 12.3. The van der Waals surface area contributed by atoms with Crippen molar-refractivity contribution in [2.75, 3.05) is 0 Å². The molecule has 4 nitrogen and oxygen atoms in total. The summed E-state index contributed by atoms with van der Waals surface area (Å²) < 4.78 is 2.61. The molecule has 0 fully saturated rings. The van der Waals surface area contributed by atoms with Crippen LogP contribution in [0.1, 0.15) is 117 Å². The van der Waals surface area contributed by atoms with Crippen LogP contribution in [0, 0.1) is 37.2 Å². The van der Waals surface area contributed by atoms with Crippen LogP contribution in [0.25, 0.3) is 40.2 Å². The maximum absolute atomic E-state index is 11.7. The summed E-state index contributed by atoms with van der Waals surface area (Å²) in [6.07, 6.45) is 7.91. The molecular formula is C46H59IrN2O2Te-. The topological polar surface area (TPSA) is 63.1 Å². The van der Waals surface area contributed by atoms with Gasteiger partial charge >= 0.3 is 226 Å². The van der Waals surface area contributed by atoms with E-state index in [4.69, 9.17) is 9.97 Å². The van der Waals surface area contributed by atoms with Gasteiger partial charge in [-0.05, 0) is 25.7 Å². The molecule has 0 saturated carbocycles. The van der Waals surface area contributed by atoms with Gasteiger partial charge in [0.25, 0.3) is 0 Å². The molecule has 0 aliphatic rings. The van der Waals surface area contributed by atoms with E-state index in [-0.39, 0.29) is 54.3 Å². The number of carbonyl (C=O) groups excluding carboxylic acids is 1. The largest absolute Gasteiger partial charge is 0 e. The molecule has 0 unspecified atom stereocenters. The van der Waals surface area contributed by atoms with E-state index in [1.54, 1.807) is 0 Å². The van der Waals surface area contributed by atoms with Crippen LogP contribution in [0.2, 0.25) is 0 Å². The van der Waals surface area contributed by atoms with Crippen molar-refractivity contribution in [2.24, 2.45) is 17.3 Å². The number of aliphatic hydroxyl groups excluding tert-OH is 1. The third kappa shape index (κ3) is 10.8. The molecule has 1 N–H and O–H groups in total. The van der Waals surface area contributed by atoms with Gasteiger partial charge in [-0.1, -0.05) is 27.7 Å². The smallest absolute Gasteiger partial charge is 0 e. The van der Waals surface area contributed by atoms with Crippen molar-refractivity contribution in [1.29, 1.82) is 0 Å². The number of rotatable bonds is 10. The van der Waals surface area contributed by atoms with Crippen LogP contribution in [0.3, 0.4) is 0 Å². The number of aromatic nitrogens is 2. The van der Waals surface area contributed by atoms with Crippen LogP contribution in [0.4, 0.5) is 0 Å². The van der Waals surface area contributed by atoms with Crippen molar-refractivity contribution in [2.45, 2.75) is 121 Å². The van der Waals surface area contributed by atoms with Gasteiger partial charge in [0.15, 0.2) is 5.78 Å². The fourth-order valence-corrected chi connectivity index (χ4v) is 10.6. The van der Waals surface area contributed by atoms with Crippen LogP contribution < -0.4 is 0 Å². The summed E-state index contributed by atoms with van der Waals surface area (Å²) in [5, 5.41) is 12.2. The van der Waals surface area contributed by atoms with Gasteiger partial charge in [0.1, 0.15) is 0 Å². The summed E-state index contributed by atoms with van der Waals surface area (Å²) in [7, 11) is 0. The van der Waals surface area contributed by atoms with Gasteiger partial charge in [-0.15, -0.1) is 0 Å². The Labute approximate surface area is 336 Å². The normalized spacial score (nSPS) is 12.3. The van der Waals surface area contributed by atoms with Crippen LogP contribution in [-0.2, 0) is 36.7 Å². The molecule has 0 bridgehead atoms. The Balaban J connectivity index is 0.000000389. The zero-order valence-corrected chi connectivity index (χ0v) is 38.2. The Bertz CT molecular complexity index is 1980. The molecule has 3 aromatic carbocycles. The molecule has 2 aromatic heterocycles. The summed E-state index contributed by atoms with van der Waals surface area (Å²) in [6.45, 7) is 26.3. The SMILES string of the molecule is CCC(CC)C(=O)/C=C(\O)C(CC)CC.Cc1cc(CC(C)(C)C)cc(C)c1-c1nc2ccnc(-c3[c-]c4ccccc4c(C(C)(C)C)c3)c2[te]1.[Ir]. The van der Waals surface area contributed by atoms with Crippen LogP contribution in [0.5, 0.6) is 0 Å². The van der Waals surface area contributed by atoms with Crippen molar-refractivity contribution in [3.63, 3.8) is 0 Å². The van der Waals surface area contributed by atoms with Gasteiger partial charge in [-0.25, -0.2) is 0 Å². The number of nitrogens with zero attached hydrogens (tertiary/aromatic N) is 2. The maximum atomic E-state index is 11.7. The number of aliphatic hydroxyl groups is 1. The Morgan fingerprint density at radius 1 is 0.885 bits per heavy atom. The molecule has 0 aliphatic heterocycles. The summed E-state index contributed by atoms with van der Waals surface area (Å²) in [6, 6.07) is 21.4. The zero-order valence-electron chi connectivity index (χ0n) is 33.5. The molecule has 281 valence electrons. The standard InChI is InChI=1S/C33H35N2Te.C13H24O2.Ir/c1-20-15-22(19-32(3,4)5)16-21(2)28(20)31-35-27-13-14-34-29(30(27)36-31)24-17-23-11-9-10-12-25(23)26(18-24)33(6,7)8;1-5-10(6-2)12(14)9-13(15)11(7-3)8-4;/h9-16,18H,19H2,1-8H3;9-11,14H,5-8H2,1-4H3;/q-1;;/b;12-9-;. The minimum Gasteiger partial charge on any atom is 0 e. The van der Waals surface area contributed by atoms with Gasteiger partial charge in [0.2, 0.25) is 0 Å². The minimum atomic E-state index is -0.683. The van der Waals surface area contributed by atoms with Crippen molar-refractivity contribution in [1.82, 2.24) is 9.97 Å². The Hall–Kier alpha value is -2.61. The summed E-state index contributed by atoms with van der Waals surface area (Å²) in [5.74, 6) is 0.547. The molecule has 52 heavy (non-hydrogen) atoms. The number of carbonyl (C=O) groups is 1. The molecule has 0 atom stereocenters. The maximum Gasteiger partial charge on any atom is 0 e. The van der Waals surface area contributed by atoms with E-state index in [2.05, 4.69) is 110 Å². The molecule has 5 aromatic rings. The number of pyridine rings is 1. The Morgan fingerprint density at radius 3 is 2.04 bits per heavy atom. The van der Waals surface area contributed by atoms with Crippen molar-refractivity contribution >= 4 is 45.9 Å². The van der Waals surface area contributed by atoms with E-state index in [0.29, 0.717) is 0 Å². The Kier molecular flexibility index (Phi) is 15.7. The number of aryl methyl sites for hydroxylation is 2. The minimum absolute atomic E-state index is 0. The first kappa shape index (κ1) is 43.8. The van der Waals surface area contributed by atoms with Crippen molar-refractivity contribution in [3.05, 3.63) is 94.9 Å². The molecule has 1 radical (unpaired) electrons. The second-order valence-electron chi connectivity index (χ2n) is 16.3. The number of hydrogen-bond donors (Lipinski definition) is 1. The monoisotopic (exact) mass is 994 g/mol. The quantitative estimate of drug-likeness (QED) is 0.0655. The number of fused-ring (bicyclic) bond motifs is 2. The third-order valence-electron chi connectivity index (χ3n) is 9.77. The first-order chi connectivity index (χ1) is 24.0. The van der Waals surface area contributed by atoms with E-state index in [1.807, 2.05) is 33.9 Å². The predicted molar refractivity (Wildman–Crippen MR) is 219 cm³/mol. The zero-order chi connectivity index (χ0) is 37.7. The molecular weight excluding hydrogens is 932 g/mol. The average molecular weight is 992 g/mol. The number of allylic oxidation sites excluding steroid dienone is 2. The first-order valence-electron chi connectivity index (χ1n) is 18.8. The molecule has 5 rings (SSSR count). The molecule has 2 heterocycles. The fraction of sp³-hybridized carbons (Fsp3) is 0.457. The van der Waals surface area contributed by atoms with Gasteiger partial charge in [-0.3, -0.25) is 4.79 Å². The van der Waals surface area contributed by atoms with Crippen molar-refractivity contribution in [3.8, 4) is 20.5 Å². The van der Waals surface area contributed by atoms with E-state index in [1.165, 1.54) is 46.4 Å². The van der Waals surface area contributed by atoms with Gasteiger partial charge < -0.3 is 5.11 Å². The third-order valence-corrected chi connectivity index (χ3v) is 12.9. The van der Waals surface area contributed by atoms with Gasteiger partial charge in [0, 0.05) is 38.0 Å². The summed E-state index contributed by atoms with van der Waals surface area (Å²) >= 11 is -0.683. The van der Waals surface area contributed by atoms with Crippen LogP contribution >= 0.6 is 0 Å². The van der Waals surface area contributed by atoms with Crippen LogP contribution in [0.15, 0.2) is 66.6 Å². The molecule has 0 aliphatic carbocycles. The second kappa shape index (κ2) is 18.6. The number of hydrogen-bond acceptors (Lipinski definition) is 4. The van der Waals surface area contributed by atoms with Crippen molar-refractivity contribution < 1.29 is 30.0 Å². The molecule has 0 saturated heterocycles.